The third kappa shape index (κ3) is 8.15. The van der Waals surface area contributed by atoms with Crippen molar-refractivity contribution in [3.05, 3.63) is 92.5 Å². The number of aliphatic hydroxyl groups is 2. The maximum atomic E-state index is 13.2. The first kappa shape index (κ1) is 35.8. The molecule has 0 unspecified atom stereocenters. The number of halogens is 1. The number of carbonyl (C=O) groups excluding carboxylic acids is 2. The summed E-state index contributed by atoms with van der Waals surface area (Å²) in [5.74, 6) is 0.474. The number of hydrogen-bond donors (Lipinski definition) is 4. The van der Waals surface area contributed by atoms with Crippen molar-refractivity contribution in [1.82, 2.24) is 41.3 Å². The molecule has 2 atom stereocenters. The molecule has 4 N–H and O–H groups in total. The van der Waals surface area contributed by atoms with E-state index in [-0.39, 0.29) is 47.1 Å². The highest BCUT2D eigenvalue weighted by Crippen LogP contribution is 2.35. The Morgan fingerprint density at radius 3 is 2.15 bits per heavy atom. The summed E-state index contributed by atoms with van der Waals surface area (Å²) in [6, 6.07) is 12.7. The summed E-state index contributed by atoms with van der Waals surface area (Å²) in [5, 5.41) is 52.2. The van der Waals surface area contributed by atoms with Crippen molar-refractivity contribution in [2.24, 2.45) is 11.8 Å². The summed E-state index contributed by atoms with van der Waals surface area (Å²) in [7, 11) is 0. The molecule has 54 heavy (non-hydrogen) atoms. The summed E-state index contributed by atoms with van der Waals surface area (Å²) in [6.07, 6.45) is 3.09. The van der Waals surface area contributed by atoms with Gasteiger partial charge in [-0.1, -0.05) is 21.7 Å². The van der Waals surface area contributed by atoms with Crippen LogP contribution in [0.3, 0.4) is 0 Å². The molecule has 5 aromatic heterocycles. The number of hydrogen-bond acceptors (Lipinski definition) is 15. The Balaban J connectivity index is 0.759. The molecular formula is C36H35FN8O7S2. The molecule has 0 spiro atoms. The maximum Gasteiger partial charge on any atom is 0.290 e. The summed E-state index contributed by atoms with van der Waals surface area (Å²) in [5.41, 5.74) is 1.64. The van der Waals surface area contributed by atoms with Crippen LogP contribution in [0, 0.1) is 17.7 Å². The molecule has 18 heteroatoms. The zero-order valence-electron chi connectivity index (χ0n) is 28.8. The van der Waals surface area contributed by atoms with E-state index in [4.69, 9.17) is 13.5 Å². The Bertz CT molecular complexity index is 2230. The van der Waals surface area contributed by atoms with E-state index in [2.05, 4.69) is 41.3 Å². The van der Waals surface area contributed by atoms with Crippen molar-refractivity contribution in [1.29, 1.82) is 0 Å². The Hall–Kier alpha value is -5.17. The van der Waals surface area contributed by atoms with Crippen molar-refractivity contribution < 1.29 is 37.7 Å². The van der Waals surface area contributed by atoms with Gasteiger partial charge in [-0.05, 0) is 80.8 Å². The average molecular weight is 775 g/mol. The van der Waals surface area contributed by atoms with Crippen LogP contribution in [0.2, 0.25) is 0 Å². The summed E-state index contributed by atoms with van der Waals surface area (Å²) < 4.78 is 29.2. The van der Waals surface area contributed by atoms with E-state index in [0.717, 1.165) is 40.4 Å². The number of rotatable bonds is 14. The quantitative estimate of drug-likeness (QED) is 0.111. The van der Waals surface area contributed by atoms with Gasteiger partial charge in [-0.3, -0.25) is 9.59 Å². The highest BCUT2D eigenvalue weighted by atomic mass is 32.1. The number of aliphatic hydroxyl groups excluding tert-OH is 2. The lowest BCUT2D eigenvalue weighted by molar-refractivity contribution is 0.0842. The van der Waals surface area contributed by atoms with E-state index < -0.39 is 12.2 Å². The highest BCUT2D eigenvalue weighted by molar-refractivity contribution is 7.15. The lowest BCUT2D eigenvalue weighted by Crippen LogP contribution is -2.44. The molecule has 2 aliphatic carbocycles. The number of benzene rings is 1. The van der Waals surface area contributed by atoms with E-state index in [9.17, 15) is 24.2 Å². The molecular weight excluding hydrogens is 740 g/mol. The largest absolute Gasteiger partial charge is 0.422 e. The zero-order chi connectivity index (χ0) is 37.3. The molecule has 0 bridgehead atoms. The molecule has 0 radical (unpaired) electrons. The number of nitrogens with one attached hydrogen (secondary N) is 2. The number of amides is 2. The third-order valence-electron chi connectivity index (χ3n) is 9.59. The molecule has 1 aromatic carbocycles. The second kappa shape index (κ2) is 15.3. The zero-order valence-corrected chi connectivity index (χ0v) is 30.5. The van der Waals surface area contributed by atoms with Crippen LogP contribution in [-0.4, -0.2) is 64.8 Å². The Labute approximate surface area is 315 Å². The van der Waals surface area contributed by atoms with Crippen LogP contribution < -0.4 is 10.6 Å². The van der Waals surface area contributed by atoms with Crippen LogP contribution in [-0.2, 0) is 19.3 Å². The highest BCUT2D eigenvalue weighted by Gasteiger charge is 2.34. The molecule has 8 rings (SSSR count). The van der Waals surface area contributed by atoms with Gasteiger partial charge in [0.15, 0.2) is 0 Å². The average Bonchev–Trinajstić information content (AvgIpc) is 3.96. The number of nitrogens with zero attached hydrogens (tertiary/aromatic N) is 6. The van der Waals surface area contributed by atoms with Crippen LogP contribution in [0.1, 0.15) is 92.6 Å². The van der Waals surface area contributed by atoms with Crippen molar-refractivity contribution in [3.63, 3.8) is 0 Å². The van der Waals surface area contributed by atoms with Crippen molar-refractivity contribution in [2.45, 2.75) is 76.2 Å². The molecule has 280 valence electrons. The molecule has 2 aliphatic rings. The van der Waals surface area contributed by atoms with Gasteiger partial charge in [-0.2, -0.15) is 0 Å². The third-order valence-corrected chi connectivity index (χ3v) is 11.8. The summed E-state index contributed by atoms with van der Waals surface area (Å²) >= 11 is 2.83. The number of aromatic nitrogens is 6. The van der Waals surface area contributed by atoms with Crippen LogP contribution in [0.15, 0.2) is 62.0 Å². The van der Waals surface area contributed by atoms with Gasteiger partial charge in [-0.15, -0.1) is 31.7 Å². The monoisotopic (exact) mass is 774 g/mol. The van der Waals surface area contributed by atoms with Gasteiger partial charge in [0.1, 0.15) is 39.4 Å². The first-order valence-electron chi connectivity index (χ1n) is 17.5. The van der Waals surface area contributed by atoms with E-state index in [0.29, 0.717) is 58.9 Å². The molecule has 2 saturated carbocycles. The molecule has 5 heterocycles. The van der Waals surface area contributed by atoms with Gasteiger partial charge < -0.3 is 34.3 Å². The molecule has 15 nitrogen and oxygen atoms in total. The molecule has 6 aromatic rings. The summed E-state index contributed by atoms with van der Waals surface area (Å²) in [6.45, 7) is 1.57. The first-order chi connectivity index (χ1) is 26.1. The fraction of sp³-hybridized carbons (Fsp3) is 0.389. The van der Waals surface area contributed by atoms with Gasteiger partial charge >= 0.3 is 0 Å². The minimum absolute atomic E-state index is 0.00000552. The normalized spacial score (nSPS) is 20.5. The van der Waals surface area contributed by atoms with Gasteiger partial charge in [0.2, 0.25) is 23.3 Å². The van der Waals surface area contributed by atoms with Gasteiger partial charge in [0, 0.05) is 53.9 Å². The number of carbonyl (C=O) groups is 2. The predicted octanol–water partition coefficient (Wildman–Crippen LogP) is 5.26. The lowest BCUT2D eigenvalue weighted by Gasteiger charge is -2.35. The van der Waals surface area contributed by atoms with Gasteiger partial charge in [0.05, 0.1) is 4.88 Å². The molecule has 2 amide bonds. The molecule has 0 aliphatic heterocycles. The second-order valence-electron chi connectivity index (χ2n) is 13.8. The maximum absolute atomic E-state index is 13.2. The number of thiophene rings is 1. The van der Waals surface area contributed by atoms with Crippen molar-refractivity contribution in [2.75, 3.05) is 0 Å². The van der Waals surface area contributed by atoms with Gasteiger partial charge in [-0.25, -0.2) is 4.39 Å². The minimum atomic E-state index is -0.831. The van der Waals surface area contributed by atoms with Crippen LogP contribution in [0.25, 0.3) is 21.8 Å². The van der Waals surface area contributed by atoms with Gasteiger partial charge in [0.25, 0.3) is 11.8 Å². The first-order valence-corrected chi connectivity index (χ1v) is 19.2. The molecule has 0 saturated heterocycles. The summed E-state index contributed by atoms with van der Waals surface area (Å²) in [4.78, 5) is 27.2. The lowest BCUT2D eigenvalue weighted by atomic mass is 9.78. The Morgan fingerprint density at radius 1 is 0.833 bits per heavy atom. The fourth-order valence-electron chi connectivity index (χ4n) is 6.59. The molecule has 2 fully saturated rings. The minimum Gasteiger partial charge on any atom is -0.422 e. The van der Waals surface area contributed by atoms with E-state index in [1.54, 1.807) is 31.2 Å². The second-order valence-corrected chi connectivity index (χ2v) is 16.1. The predicted molar refractivity (Wildman–Crippen MR) is 191 cm³/mol. The van der Waals surface area contributed by atoms with E-state index in [1.807, 2.05) is 12.1 Å². The van der Waals surface area contributed by atoms with Crippen LogP contribution in [0.4, 0.5) is 4.39 Å². The SMILES string of the molecule is C[C@@H](O)c1nnc(CC2CC(NC(=O)c3cc(-c4ccc(C[C@@H](O)c5nnc(CC6CC(NC(=O)c7cc(-c8ccc(F)cc8)no7)C6)s5)s4)no3)C2)o1. The van der Waals surface area contributed by atoms with E-state index >= 15 is 0 Å². The standard InChI is InChI=1S/C36H35FN8O7S2/c1-17(46)35-42-40-31(50-35)12-18-8-22(9-18)38-34(49)29-16-26(45-52-29)30-7-6-24(53-30)14-27(47)36-43-41-32(54-36)13-19-10-23(11-19)39-33(48)28-15-25(44-51-28)20-2-4-21(37)5-3-20/h2-7,15-19,22-23,27,46-47H,8-14H2,1H3,(H,38,49)(H,39,48)/t17-,18?,19?,22?,23?,27-/m1/s1. The topological polar surface area (TPSA) is 215 Å². The Kier molecular flexibility index (Phi) is 10.1. The van der Waals surface area contributed by atoms with E-state index in [1.165, 1.54) is 34.8 Å². The van der Waals surface area contributed by atoms with Crippen LogP contribution >= 0.6 is 22.7 Å². The smallest absolute Gasteiger partial charge is 0.290 e. The van der Waals surface area contributed by atoms with Crippen molar-refractivity contribution >= 4 is 34.5 Å². The fourth-order valence-corrected chi connectivity index (χ4v) is 8.53. The van der Waals surface area contributed by atoms with Crippen LogP contribution in [0.5, 0.6) is 0 Å². The van der Waals surface area contributed by atoms with Crippen molar-refractivity contribution in [3.8, 4) is 21.8 Å². The Morgan fingerprint density at radius 2 is 1.48 bits per heavy atom.